The summed E-state index contributed by atoms with van der Waals surface area (Å²) in [4.78, 5) is 28.2. The van der Waals surface area contributed by atoms with E-state index >= 15 is 0 Å². The van der Waals surface area contributed by atoms with Crippen LogP contribution in [0.15, 0.2) is 18.2 Å². The van der Waals surface area contributed by atoms with Crippen molar-refractivity contribution in [1.82, 2.24) is 9.80 Å². The number of fused-ring (bicyclic) bond motifs is 1. The molecule has 0 atom stereocenters. The fourth-order valence-electron chi connectivity index (χ4n) is 2.73. The molecule has 0 bridgehead atoms. The molecule has 0 spiro atoms. The largest absolute Gasteiger partial charge is 0.454 e. The highest BCUT2D eigenvalue weighted by Gasteiger charge is 2.31. The summed E-state index contributed by atoms with van der Waals surface area (Å²) in [6.07, 6.45) is 0. The molecule has 0 aliphatic carbocycles. The lowest BCUT2D eigenvalue weighted by Gasteiger charge is -2.37. The Morgan fingerprint density at radius 3 is 2.30 bits per heavy atom. The van der Waals surface area contributed by atoms with Crippen molar-refractivity contribution in [2.24, 2.45) is 5.73 Å². The summed E-state index contributed by atoms with van der Waals surface area (Å²) in [7, 11) is 0. The Bertz CT molecular complexity index is 631. The summed E-state index contributed by atoms with van der Waals surface area (Å²) in [5.41, 5.74) is 5.53. The first kappa shape index (κ1) is 15.6. The molecular formula is C16H21N3O4. The van der Waals surface area contributed by atoms with Crippen LogP contribution in [0.3, 0.4) is 0 Å². The lowest BCUT2D eigenvalue weighted by Crippen LogP contribution is -2.57. The molecule has 1 fully saturated rings. The van der Waals surface area contributed by atoms with Crippen molar-refractivity contribution in [2.45, 2.75) is 19.4 Å². The number of hydrogen-bond donors (Lipinski definition) is 1. The highest BCUT2D eigenvalue weighted by atomic mass is 16.7. The molecule has 2 N–H and O–H groups in total. The predicted molar refractivity (Wildman–Crippen MR) is 83.3 cm³/mol. The molecular weight excluding hydrogens is 298 g/mol. The normalized spacial score (nSPS) is 17.3. The average molecular weight is 319 g/mol. The zero-order valence-electron chi connectivity index (χ0n) is 13.4. The Hall–Kier alpha value is -2.28. The number of amides is 2. The molecule has 124 valence electrons. The van der Waals surface area contributed by atoms with Gasteiger partial charge in [0.2, 0.25) is 12.7 Å². The number of hydrogen-bond acceptors (Lipinski definition) is 5. The van der Waals surface area contributed by atoms with Crippen molar-refractivity contribution < 1.29 is 19.1 Å². The first-order valence-corrected chi connectivity index (χ1v) is 7.63. The molecule has 2 amide bonds. The van der Waals surface area contributed by atoms with Crippen molar-refractivity contribution >= 4 is 11.8 Å². The van der Waals surface area contributed by atoms with Crippen LogP contribution < -0.4 is 15.2 Å². The first-order valence-electron chi connectivity index (χ1n) is 7.63. The van der Waals surface area contributed by atoms with Gasteiger partial charge in [-0.1, -0.05) is 0 Å². The van der Waals surface area contributed by atoms with E-state index in [0.29, 0.717) is 43.2 Å². The van der Waals surface area contributed by atoms with Gasteiger partial charge in [0.05, 0.1) is 5.54 Å². The molecule has 1 aromatic carbocycles. The summed E-state index contributed by atoms with van der Waals surface area (Å²) in [5.74, 6) is 1.09. The van der Waals surface area contributed by atoms with Crippen molar-refractivity contribution in [1.29, 1.82) is 0 Å². The average Bonchev–Trinajstić information content (AvgIpc) is 3.00. The molecule has 0 unspecified atom stereocenters. The third-order valence-electron chi connectivity index (χ3n) is 4.02. The number of carbonyl (C=O) groups is 2. The van der Waals surface area contributed by atoms with Crippen molar-refractivity contribution in [3.63, 3.8) is 0 Å². The van der Waals surface area contributed by atoms with Gasteiger partial charge in [0.25, 0.3) is 5.91 Å². The van der Waals surface area contributed by atoms with Crippen LogP contribution in [0, 0.1) is 0 Å². The van der Waals surface area contributed by atoms with E-state index in [0.717, 1.165) is 0 Å². The fraction of sp³-hybridized carbons (Fsp3) is 0.500. The molecule has 7 heteroatoms. The van der Waals surface area contributed by atoms with Gasteiger partial charge in [0, 0.05) is 31.7 Å². The van der Waals surface area contributed by atoms with E-state index < -0.39 is 5.54 Å². The molecule has 1 aromatic rings. The minimum atomic E-state index is -0.885. The second-order valence-electron chi connectivity index (χ2n) is 6.37. The van der Waals surface area contributed by atoms with Gasteiger partial charge in [-0.2, -0.15) is 0 Å². The van der Waals surface area contributed by atoms with E-state index in [1.165, 1.54) is 0 Å². The molecule has 0 aromatic heterocycles. The molecule has 2 aliphatic heterocycles. The third kappa shape index (κ3) is 3.10. The van der Waals surface area contributed by atoms with Crippen molar-refractivity contribution in [3.05, 3.63) is 23.8 Å². The van der Waals surface area contributed by atoms with E-state index in [-0.39, 0.29) is 18.6 Å². The monoisotopic (exact) mass is 319 g/mol. The van der Waals surface area contributed by atoms with Gasteiger partial charge in [0.15, 0.2) is 11.5 Å². The zero-order chi connectivity index (χ0) is 16.6. The second-order valence-corrected chi connectivity index (χ2v) is 6.37. The van der Waals surface area contributed by atoms with E-state index in [1.54, 1.807) is 41.8 Å². The van der Waals surface area contributed by atoms with Crippen LogP contribution >= 0.6 is 0 Å². The maximum Gasteiger partial charge on any atom is 0.254 e. The highest BCUT2D eigenvalue weighted by Crippen LogP contribution is 2.32. The molecule has 2 aliphatic rings. The minimum Gasteiger partial charge on any atom is -0.454 e. The quantitative estimate of drug-likeness (QED) is 0.855. The van der Waals surface area contributed by atoms with Gasteiger partial charge in [-0.25, -0.2) is 0 Å². The van der Waals surface area contributed by atoms with Gasteiger partial charge in [-0.15, -0.1) is 0 Å². The molecule has 0 radical (unpaired) electrons. The number of nitrogens with zero attached hydrogens (tertiary/aromatic N) is 2. The van der Waals surface area contributed by atoms with Crippen LogP contribution in [0.25, 0.3) is 0 Å². The Kier molecular flexibility index (Phi) is 3.89. The summed E-state index contributed by atoms with van der Waals surface area (Å²) in [5, 5.41) is 0. The van der Waals surface area contributed by atoms with Crippen LogP contribution in [-0.2, 0) is 4.79 Å². The van der Waals surface area contributed by atoms with Crippen LogP contribution in [0.2, 0.25) is 0 Å². The van der Waals surface area contributed by atoms with Crippen LogP contribution in [0.5, 0.6) is 11.5 Å². The number of benzene rings is 1. The number of carbonyl (C=O) groups excluding carboxylic acids is 2. The van der Waals surface area contributed by atoms with Gasteiger partial charge < -0.3 is 25.0 Å². The number of ether oxygens (including phenoxy) is 2. The summed E-state index contributed by atoms with van der Waals surface area (Å²) in [6, 6.07) is 5.17. The number of piperazine rings is 1. The summed E-state index contributed by atoms with van der Waals surface area (Å²) >= 11 is 0. The zero-order valence-corrected chi connectivity index (χ0v) is 13.4. The third-order valence-corrected chi connectivity index (χ3v) is 4.02. The van der Waals surface area contributed by atoms with Gasteiger partial charge in [-0.05, 0) is 32.0 Å². The Balaban J connectivity index is 1.64. The lowest BCUT2D eigenvalue weighted by molar-refractivity contribution is -0.137. The molecule has 1 saturated heterocycles. The Morgan fingerprint density at radius 2 is 1.65 bits per heavy atom. The maximum atomic E-state index is 12.6. The molecule has 0 saturated carbocycles. The van der Waals surface area contributed by atoms with Crippen LogP contribution in [0.1, 0.15) is 24.2 Å². The molecule has 3 rings (SSSR count). The van der Waals surface area contributed by atoms with E-state index in [4.69, 9.17) is 15.2 Å². The number of rotatable bonds is 2. The van der Waals surface area contributed by atoms with Crippen molar-refractivity contribution in [2.75, 3.05) is 33.0 Å². The SMILES string of the molecule is CC(C)(N)C(=O)N1CCN(C(=O)c2ccc3c(c2)OCO3)CC1. The molecule has 2 heterocycles. The smallest absolute Gasteiger partial charge is 0.254 e. The van der Waals surface area contributed by atoms with E-state index in [1.807, 2.05) is 0 Å². The second kappa shape index (κ2) is 5.73. The minimum absolute atomic E-state index is 0.0672. The van der Waals surface area contributed by atoms with Crippen LogP contribution in [0.4, 0.5) is 0 Å². The molecule has 7 nitrogen and oxygen atoms in total. The van der Waals surface area contributed by atoms with Gasteiger partial charge in [-0.3, -0.25) is 9.59 Å². The summed E-state index contributed by atoms with van der Waals surface area (Å²) < 4.78 is 10.6. The van der Waals surface area contributed by atoms with E-state index in [2.05, 4.69) is 0 Å². The Morgan fingerprint density at radius 1 is 1.04 bits per heavy atom. The fourth-order valence-corrected chi connectivity index (χ4v) is 2.73. The highest BCUT2D eigenvalue weighted by molar-refractivity contribution is 5.95. The standard InChI is InChI=1S/C16H21N3O4/c1-16(2,17)15(21)19-7-5-18(6-8-19)14(20)11-3-4-12-13(9-11)23-10-22-12/h3-4,9H,5-8,10,17H2,1-2H3. The molecule has 23 heavy (non-hydrogen) atoms. The number of nitrogens with two attached hydrogens (primary N) is 1. The first-order chi connectivity index (χ1) is 10.9. The van der Waals surface area contributed by atoms with Gasteiger partial charge in [0.1, 0.15) is 0 Å². The van der Waals surface area contributed by atoms with Gasteiger partial charge >= 0.3 is 0 Å². The summed E-state index contributed by atoms with van der Waals surface area (Å²) in [6.45, 7) is 5.55. The van der Waals surface area contributed by atoms with E-state index in [9.17, 15) is 9.59 Å². The maximum absolute atomic E-state index is 12.6. The lowest BCUT2D eigenvalue weighted by atomic mass is 10.0. The van der Waals surface area contributed by atoms with Crippen molar-refractivity contribution in [3.8, 4) is 11.5 Å². The Labute approximate surface area is 134 Å². The predicted octanol–water partition coefficient (Wildman–Crippen LogP) is 0.437. The van der Waals surface area contributed by atoms with Crippen LogP contribution in [-0.4, -0.2) is 60.1 Å². The topological polar surface area (TPSA) is 85.1 Å².